The van der Waals surface area contributed by atoms with Gasteiger partial charge in [0, 0.05) is 80.4 Å². The Kier molecular flexibility index (Phi) is 6.61. The molecule has 1 aliphatic heterocycles. The quantitative estimate of drug-likeness (QED) is 0.400. The molecule has 4 aromatic rings. The van der Waals surface area contributed by atoms with Crippen LogP contribution in [0, 0.1) is 13.8 Å². The number of fused-ring (bicyclic) bond motifs is 1. The summed E-state index contributed by atoms with van der Waals surface area (Å²) in [5.74, 6) is 2.15. The molecule has 36 heavy (non-hydrogen) atoms. The number of nitrogens with zero attached hydrogens (tertiary/aromatic N) is 6. The molecule has 1 aliphatic rings. The molecule has 0 bridgehead atoms. The lowest BCUT2D eigenvalue weighted by Gasteiger charge is -2.36. The van der Waals surface area contributed by atoms with Crippen LogP contribution in [0.25, 0.3) is 10.8 Å². The highest BCUT2D eigenvalue weighted by Crippen LogP contribution is 2.37. The molecule has 8 heteroatoms. The summed E-state index contributed by atoms with van der Waals surface area (Å²) >= 11 is 0. The summed E-state index contributed by atoms with van der Waals surface area (Å²) in [4.78, 5) is 20.8. The monoisotopic (exact) mass is 482 g/mol. The second-order valence-corrected chi connectivity index (χ2v) is 9.67. The van der Waals surface area contributed by atoms with Crippen LogP contribution in [0.5, 0.6) is 0 Å². The van der Waals surface area contributed by atoms with Gasteiger partial charge in [-0.15, -0.1) is 0 Å². The minimum absolute atomic E-state index is 0.551. The largest absolute Gasteiger partial charge is 0.368 e. The van der Waals surface area contributed by atoms with Crippen LogP contribution in [-0.4, -0.2) is 67.2 Å². The lowest BCUT2D eigenvalue weighted by molar-refractivity contribution is 0.313. The van der Waals surface area contributed by atoms with Gasteiger partial charge in [0.25, 0.3) is 0 Å². The second kappa shape index (κ2) is 9.99. The minimum atomic E-state index is 0.551. The van der Waals surface area contributed by atoms with E-state index in [-0.39, 0.29) is 0 Å². The van der Waals surface area contributed by atoms with Gasteiger partial charge in [0.1, 0.15) is 5.82 Å². The zero-order chi connectivity index (χ0) is 25.2. The number of aryl methyl sites for hydroxylation is 2. The van der Waals surface area contributed by atoms with Gasteiger partial charge in [0.15, 0.2) is 5.82 Å². The number of hydrogen-bond donors (Lipinski definition) is 2. The highest BCUT2D eigenvalue weighted by atomic mass is 15.3. The normalized spacial score (nSPS) is 14.2. The zero-order valence-electron chi connectivity index (χ0n) is 21.7. The Hall–Kier alpha value is -3.91. The second-order valence-electron chi connectivity index (χ2n) is 9.67. The van der Waals surface area contributed by atoms with Gasteiger partial charge >= 0.3 is 0 Å². The fourth-order valence-corrected chi connectivity index (χ4v) is 4.78. The molecule has 0 saturated carbocycles. The number of pyridine rings is 1. The Morgan fingerprint density at radius 3 is 2.33 bits per heavy atom. The molecule has 186 valence electrons. The summed E-state index contributed by atoms with van der Waals surface area (Å²) < 4.78 is 0. The zero-order valence-corrected chi connectivity index (χ0v) is 21.7. The molecule has 1 fully saturated rings. The van der Waals surface area contributed by atoms with Gasteiger partial charge in [-0.05, 0) is 44.7 Å². The molecule has 5 rings (SSSR count). The Morgan fingerprint density at radius 2 is 1.58 bits per heavy atom. The van der Waals surface area contributed by atoms with Crippen molar-refractivity contribution >= 4 is 45.4 Å². The minimum Gasteiger partial charge on any atom is -0.368 e. The van der Waals surface area contributed by atoms with E-state index in [1.54, 1.807) is 6.20 Å². The molecule has 8 nitrogen and oxygen atoms in total. The van der Waals surface area contributed by atoms with Crippen molar-refractivity contribution in [1.82, 2.24) is 19.9 Å². The van der Waals surface area contributed by atoms with E-state index in [0.29, 0.717) is 5.95 Å². The van der Waals surface area contributed by atoms with Gasteiger partial charge < -0.3 is 25.3 Å². The third-order valence-electron chi connectivity index (χ3n) is 6.71. The molecule has 2 aromatic carbocycles. The lowest BCUT2D eigenvalue weighted by Crippen LogP contribution is -2.44. The predicted molar refractivity (Wildman–Crippen MR) is 150 cm³/mol. The van der Waals surface area contributed by atoms with Gasteiger partial charge in [-0.2, -0.15) is 4.98 Å². The van der Waals surface area contributed by atoms with Crippen molar-refractivity contribution in [1.29, 1.82) is 0 Å². The molecular formula is C28H34N8. The Bertz CT molecular complexity index is 1380. The van der Waals surface area contributed by atoms with Crippen LogP contribution < -0.4 is 20.4 Å². The molecule has 0 atom stereocenters. The first-order valence-corrected chi connectivity index (χ1v) is 12.4. The van der Waals surface area contributed by atoms with Crippen molar-refractivity contribution in [3.63, 3.8) is 0 Å². The van der Waals surface area contributed by atoms with E-state index >= 15 is 0 Å². The summed E-state index contributed by atoms with van der Waals surface area (Å²) in [5.41, 5.74) is 5.43. The first-order chi connectivity index (χ1) is 17.4. The standard InChI is InChI=1S/C28H34N8/c1-19-17-24(21-9-6-7-10-22(21)25(19)36-15-13-35(5)14-16-36)32-28-30-18-20(2)26(33-28)31-23-11-8-12-29-27(23)34(3)4/h6-12,17-18H,13-16H2,1-5H3,(H2,30,31,32,33). The van der Waals surface area contributed by atoms with Crippen LogP contribution in [0.4, 0.5) is 34.6 Å². The van der Waals surface area contributed by atoms with Gasteiger partial charge in [0.2, 0.25) is 5.95 Å². The van der Waals surface area contributed by atoms with Crippen molar-refractivity contribution < 1.29 is 0 Å². The average Bonchev–Trinajstić information content (AvgIpc) is 2.87. The van der Waals surface area contributed by atoms with Crippen LogP contribution in [0.3, 0.4) is 0 Å². The number of rotatable bonds is 6. The van der Waals surface area contributed by atoms with E-state index in [4.69, 9.17) is 4.98 Å². The summed E-state index contributed by atoms with van der Waals surface area (Å²) in [6, 6.07) is 14.7. The predicted octanol–water partition coefficient (Wildman–Crippen LogP) is 4.95. The fraction of sp³-hybridized carbons (Fsp3) is 0.321. The van der Waals surface area contributed by atoms with Crippen LogP contribution in [0.15, 0.2) is 54.9 Å². The molecule has 0 aliphatic carbocycles. The molecule has 2 N–H and O–H groups in total. The molecular weight excluding hydrogens is 448 g/mol. The maximum Gasteiger partial charge on any atom is 0.229 e. The van der Waals surface area contributed by atoms with Gasteiger partial charge in [-0.25, -0.2) is 9.97 Å². The Labute approximate surface area is 213 Å². The molecule has 1 saturated heterocycles. The lowest BCUT2D eigenvalue weighted by atomic mass is 10.0. The van der Waals surface area contributed by atoms with Crippen molar-refractivity contribution in [3.05, 3.63) is 66.0 Å². The van der Waals surface area contributed by atoms with Crippen molar-refractivity contribution in [2.75, 3.05) is 67.8 Å². The smallest absolute Gasteiger partial charge is 0.229 e. The first-order valence-electron chi connectivity index (χ1n) is 12.4. The average molecular weight is 483 g/mol. The molecule has 0 unspecified atom stereocenters. The molecule has 0 radical (unpaired) electrons. The van der Waals surface area contributed by atoms with E-state index in [1.165, 1.54) is 16.6 Å². The number of piperazine rings is 1. The Balaban J connectivity index is 1.48. The number of anilines is 6. The fourth-order valence-electron chi connectivity index (χ4n) is 4.78. The summed E-state index contributed by atoms with van der Waals surface area (Å²) in [6.07, 6.45) is 3.64. The van der Waals surface area contributed by atoms with Crippen LogP contribution >= 0.6 is 0 Å². The van der Waals surface area contributed by atoms with Crippen molar-refractivity contribution in [2.24, 2.45) is 0 Å². The topological polar surface area (TPSA) is 72.5 Å². The third kappa shape index (κ3) is 4.77. The first kappa shape index (κ1) is 23.8. The number of benzene rings is 2. The number of hydrogen-bond acceptors (Lipinski definition) is 8. The highest BCUT2D eigenvalue weighted by Gasteiger charge is 2.20. The summed E-state index contributed by atoms with van der Waals surface area (Å²) in [6.45, 7) is 8.42. The van der Waals surface area contributed by atoms with Crippen LogP contribution in [0.1, 0.15) is 11.1 Å². The molecule has 0 spiro atoms. The highest BCUT2D eigenvalue weighted by molar-refractivity contribution is 6.04. The van der Waals surface area contributed by atoms with E-state index in [9.17, 15) is 0 Å². The maximum absolute atomic E-state index is 4.82. The van der Waals surface area contributed by atoms with Crippen molar-refractivity contribution in [2.45, 2.75) is 13.8 Å². The summed E-state index contributed by atoms with van der Waals surface area (Å²) in [7, 11) is 6.15. The van der Waals surface area contributed by atoms with Gasteiger partial charge in [-0.1, -0.05) is 24.3 Å². The number of likely N-dealkylation sites (N-methyl/N-ethyl adjacent to an activating group) is 1. The SMILES string of the molecule is Cc1cnc(Nc2cc(C)c(N3CCN(C)CC3)c3ccccc23)nc1Nc1cccnc1N(C)C. The van der Waals surface area contributed by atoms with Crippen molar-refractivity contribution in [3.8, 4) is 0 Å². The van der Waals surface area contributed by atoms with E-state index in [2.05, 4.69) is 74.7 Å². The van der Waals surface area contributed by atoms with E-state index < -0.39 is 0 Å². The van der Waals surface area contributed by atoms with Gasteiger partial charge in [-0.3, -0.25) is 0 Å². The Morgan fingerprint density at radius 1 is 0.833 bits per heavy atom. The van der Waals surface area contributed by atoms with E-state index in [0.717, 1.165) is 60.1 Å². The number of nitrogens with one attached hydrogen (secondary N) is 2. The summed E-state index contributed by atoms with van der Waals surface area (Å²) in [5, 5.41) is 9.36. The molecule has 2 aromatic heterocycles. The molecule has 3 heterocycles. The van der Waals surface area contributed by atoms with Crippen LogP contribution in [-0.2, 0) is 0 Å². The van der Waals surface area contributed by atoms with E-state index in [1.807, 2.05) is 44.2 Å². The molecule has 0 amide bonds. The number of aromatic nitrogens is 3. The van der Waals surface area contributed by atoms with Gasteiger partial charge in [0.05, 0.1) is 5.69 Å². The maximum atomic E-state index is 4.82. The van der Waals surface area contributed by atoms with Crippen LogP contribution in [0.2, 0.25) is 0 Å². The third-order valence-corrected chi connectivity index (χ3v) is 6.71.